The van der Waals surface area contributed by atoms with E-state index < -0.39 is 24.0 Å². The van der Waals surface area contributed by atoms with Gasteiger partial charge < -0.3 is 16.2 Å². The summed E-state index contributed by atoms with van der Waals surface area (Å²) in [6.45, 7) is 0. The average molecular weight is 380 g/mol. The maximum absolute atomic E-state index is 12.9. The summed E-state index contributed by atoms with van der Waals surface area (Å²) in [5.74, 6) is -1.41. The molecule has 0 saturated heterocycles. The van der Waals surface area contributed by atoms with Gasteiger partial charge in [-0.25, -0.2) is 9.97 Å². The maximum atomic E-state index is 12.9. The van der Waals surface area contributed by atoms with Crippen molar-refractivity contribution in [2.45, 2.75) is 18.6 Å². The third-order valence-electron chi connectivity index (χ3n) is 4.30. The molecule has 0 spiro atoms. The minimum atomic E-state index is -1.54. The van der Waals surface area contributed by atoms with Gasteiger partial charge in [0.1, 0.15) is 6.33 Å². The Morgan fingerprint density at radius 2 is 1.86 bits per heavy atom. The van der Waals surface area contributed by atoms with Gasteiger partial charge in [0.2, 0.25) is 5.91 Å². The van der Waals surface area contributed by atoms with E-state index in [9.17, 15) is 14.7 Å². The number of rotatable bonds is 7. The average Bonchev–Trinajstić information content (AvgIpc) is 3.09. The Hall–Kier alpha value is -3.59. The lowest BCUT2D eigenvalue weighted by molar-refractivity contribution is -0.127. The van der Waals surface area contributed by atoms with Crippen molar-refractivity contribution < 1.29 is 14.7 Å². The van der Waals surface area contributed by atoms with Crippen LogP contribution in [0.5, 0.6) is 0 Å². The molecule has 0 aliphatic carbocycles. The number of benzene rings is 1. The third-order valence-corrected chi connectivity index (χ3v) is 4.30. The Morgan fingerprint density at radius 3 is 2.50 bits per heavy atom. The van der Waals surface area contributed by atoms with E-state index in [-0.39, 0.29) is 12.0 Å². The molecule has 0 aliphatic heterocycles. The molecule has 2 unspecified atom stereocenters. The quantitative estimate of drug-likeness (QED) is 0.530. The minimum absolute atomic E-state index is 0.237. The number of aliphatic hydroxyl groups excluding tert-OH is 1. The van der Waals surface area contributed by atoms with Crippen molar-refractivity contribution in [3.05, 3.63) is 66.4 Å². The van der Waals surface area contributed by atoms with Crippen LogP contribution < -0.4 is 11.1 Å². The molecule has 2 heterocycles. The number of nitrogens with two attached hydrogens (primary N) is 1. The number of amides is 2. The molecule has 144 valence electrons. The van der Waals surface area contributed by atoms with Gasteiger partial charge in [0.25, 0.3) is 5.91 Å². The topological polar surface area (TPSA) is 136 Å². The van der Waals surface area contributed by atoms with E-state index in [1.165, 1.54) is 17.2 Å². The minimum Gasteiger partial charge on any atom is -0.381 e. The van der Waals surface area contributed by atoms with Gasteiger partial charge in [-0.15, -0.1) is 0 Å². The molecule has 0 fully saturated rings. The van der Waals surface area contributed by atoms with Crippen LogP contribution in [0.1, 0.15) is 15.9 Å². The van der Waals surface area contributed by atoms with Crippen LogP contribution in [0, 0.1) is 0 Å². The van der Waals surface area contributed by atoms with Crippen molar-refractivity contribution in [2.24, 2.45) is 12.8 Å². The first-order chi connectivity index (χ1) is 13.5. The zero-order valence-electron chi connectivity index (χ0n) is 15.2. The highest BCUT2D eigenvalue weighted by atomic mass is 16.3. The molecule has 2 amide bonds. The fourth-order valence-electron chi connectivity index (χ4n) is 2.92. The molecule has 2 aromatic heterocycles. The first-order valence-electron chi connectivity index (χ1n) is 8.57. The SMILES string of the molecule is Cn1ncc(C(=O)NC(Cc2ccccc2)C(O)C(N)=O)c1-c1cncnc1. The highest BCUT2D eigenvalue weighted by Crippen LogP contribution is 2.21. The van der Waals surface area contributed by atoms with Crippen LogP contribution in [0.3, 0.4) is 0 Å². The highest BCUT2D eigenvalue weighted by molar-refractivity contribution is 6.00. The highest BCUT2D eigenvalue weighted by Gasteiger charge is 2.28. The summed E-state index contributed by atoms with van der Waals surface area (Å²) in [7, 11) is 1.69. The number of carbonyl (C=O) groups is 2. The Labute approximate surface area is 161 Å². The number of nitrogens with zero attached hydrogens (tertiary/aromatic N) is 4. The van der Waals surface area contributed by atoms with Crippen molar-refractivity contribution >= 4 is 11.8 Å². The molecule has 4 N–H and O–H groups in total. The van der Waals surface area contributed by atoms with Gasteiger partial charge >= 0.3 is 0 Å². The molecule has 2 atom stereocenters. The number of aryl methyl sites for hydroxylation is 1. The van der Waals surface area contributed by atoms with Crippen LogP contribution in [0.15, 0.2) is 55.2 Å². The molecule has 28 heavy (non-hydrogen) atoms. The summed E-state index contributed by atoms with van der Waals surface area (Å²) in [5.41, 5.74) is 7.50. The van der Waals surface area contributed by atoms with E-state index in [0.29, 0.717) is 11.3 Å². The van der Waals surface area contributed by atoms with Gasteiger partial charge in [0, 0.05) is 25.0 Å². The Bertz CT molecular complexity index is 958. The first-order valence-corrected chi connectivity index (χ1v) is 8.57. The van der Waals surface area contributed by atoms with Crippen LogP contribution in [-0.4, -0.2) is 48.8 Å². The fourth-order valence-corrected chi connectivity index (χ4v) is 2.92. The smallest absolute Gasteiger partial charge is 0.255 e. The van der Waals surface area contributed by atoms with Gasteiger partial charge in [-0.3, -0.25) is 14.3 Å². The largest absolute Gasteiger partial charge is 0.381 e. The summed E-state index contributed by atoms with van der Waals surface area (Å²) >= 11 is 0. The monoisotopic (exact) mass is 380 g/mol. The van der Waals surface area contributed by atoms with Crippen molar-refractivity contribution in [1.82, 2.24) is 25.1 Å². The maximum Gasteiger partial charge on any atom is 0.255 e. The Kier molecular flexibility index (Phi) is 5.75. The number of primary amides is 1. The van der Waals surface area contributed by atoms with Crippen molar-refractivity contribution in [1.29, 1.82) is 0 Å². The second-order valence-electron chi connectivity index (χ2n) is 6.27. The van der Waals surface area contributed by atoms with E-state index in [1.807, 2.05) is 30.3 Å². The standard InChI is InChI=1S/C19H20N6O3/c1-25-16(13-8-21-11-22-9-13)14(10-23-25)19(28)24-15(17(26)18(20)27)7-12-5-3-2-4-6-12/h2-6,8-11,15,17,26H,7H2,1H3,(H2,20,27)(H,24,28). The Morgan fingerprint density at radius 1 is 1.18 bits per heavy atom. The summed E-state index contributed by atoms with van der Waals surface area (Å²) in [4.78, 5) is 32.4. The molecule has 3 rings (SSSR count). The molecule has 9 nitrogen and oxygen atoms in total. The number of nitrogens with one attached hydrogen (secondary N) is 1. The number of hydrogen-bond donors (Lipinski definition) is 3. The lowest BCUT2D eigenvalue weighted by atomic mass is 10.00. The van der Waals surface area contributed by atoms with Gasteiger partial charge in [-0.1, -0.05) is 30.3 Å². The second kappa shape index (κ2) is 8.40. The predicted octanol–water partition coefficient (Wildman–Crippen LogP) is 0.0644. The second-order valence-corrected chi connectivity index (χ2v) is 6.27. The first kappa shape index (κ1) is 19.2. The van der Waals surface area contributed by atoms with Gasteiger partial charge in [0.15, 0.2) is 6.10 Å². The van der Waals surface area contributed by atoms with E-state index in [1.54, 1.807) is 19.4 Å². The van der Waals surface area contributed by atoms with Crippen LogP contribution in [0.25, 0.3) is 11.3 Å². The van der Waals surface area contributed by atoms with Crippen LogP contribution >= 0.6 is 0 Å². The van der Waals surface area contributed by atoms with Crippen LogP contribution in [0.2, 0.25) is 0 Å². The molecule has 0 radical (unpaired) electrons. The zero-order chi connectivity index (χ0) is 20.1. The van der Waals surface area contributed by atoms with E-state index in [0.717, 1.165) is 5.56 Å². The summed E-state index contributed by atoms with van der Waals surface area (Å²) in [6, 6.07) is 8.30. The number of aliphatic hydroxyl groups is 1. The van der Waals surface area contributed by atoms with E-state index >= 15 is 0 Å². The summed E-state index contributed by atoms with van der Waals surface area (Å²) in [5, 5.41) is 17.0. The van der Waals surface area contributed by atoms with Gasteiger partial charge in [0.05, 0.1) is 23.5 Å². The lowest BCUT2D eigenvalue weighted by Gasteiger charge is -2.22. The molecule has 1 aromatic carbocycles. The normalized spacial score (nSPS) is 12.9. The molecular formula is C19H20N6O3. The predicted molar refractivity (Wildman–Crippen MR) is 101 cm³/mol. The molecule has 0 bridgehead atoms. The number of aromatic nitrogens is 4. The lowest BCUT2D eigenvalue weighted by Crippen LogP contribution is -2.50. The van der Waals surface area contributed by atoms with Crippen molar-refractivity contribution in [3.8, 4) is 11.3 Å². The van der Waals surface area contributed by atoms with Crippen molar-refractivity contribution in [3.63, 3.8) is 0 Å². The number of hydrogen-bond acceptors (Lipinski definition) is 6. The summed E-state index contributed by atoms with van der Waals surface area (Å²) < 4.78 is 1.53. The van der Waals surface area contributed by atoms with E-state index in [2.05, 4.69) is 20.4 Å². The zero-order valence-corrected chi connectivity index (χ0v) is 15.2. The molecular weight excluding hydrogens is 360 g/mol. The van der Waals surface area contributed by atoms with Crippen molar-refractivity contribution in [2.75, 3.05) is 0 Å². The van der Waals surface area contributed by atoms with E-state index in [4.69, 9.17) is 5.73 Å². The molecule has 0 saturated carbocycles. The third kappa shape index (κ3) is 4.21. The van der Waals surface area contributed by atoms with Crippen LogP contribution in [0.4, 0.5) is 0 Å². The number of carbonyl (C=O) groups excluding carboxylic acids is 2. The van der Waals surface area contributed by atoms with Gasteiger partial charge in [-0.2, -0.15) is 5.10 Å². The molecule has 0 aliphatic rings. The van der Waals surface area contributed by atoms with Gasteiger partial charge in [-0.05, 0) is 12.0 Å². The molecule has 3 aromatic rings. The van der Waals surface area contributed by atoms with Crippen LogP contribution in [-0.2, 0) is 18.3 Å². The summed E-state index contributed by atoms with van der Waals surface area (Å²) in [6.07, 6.45) is 4.64. The molecule has 9 heteroatoms. The Balaban J connectivity index is 1.88. The fraction of sp³-hybridized carbons (Fsp3) is 0.211.